The lowest BCUT2D eigenvalue weighted by molar-refractivity contribution is 0.172. The number of hydrazine groups is 1. The highest BCUT2D eigenvalue weighted by Gasteiger charge is 2.31. The van der Waals surface area contributed by atoms with Gasteiger partial charge in [-0.15, -0.1) is 0 Å². The van der Waals surface area contributed by atoms with Crippen LogP contribution in [0.25, 0.3) is 0 Å². The minimum absolute atomic E-state index is 0.127. The molecule has 1 aliphatic carbocycles. The standard InChI is InChI=1S/C11H19N5O/c12-16-10-13-7-4-9(14-10)15-11(8-17)5-2-1-3-6-11/h4,7,17H,1-3,5-6,8,12H2,(H2,13,14,15,16). The van der Waals surface area contributed by atoms with E-state index in [1.165, 1.54) is 6.42 Å². The summed E-state index contributed by atoms with van der Waals surface area (Å²) in [6.07, 6.45) is 7.10. The quantitative estimate of drug-likeness (QED) is 0.458. The number of nitrogens with two attached hydrogens (primary N) is 1. The predicted molar refractivity (Wildman–Crippen MR) is 66.4 cm³/mol. The fourth-order valence-corrected chi connectivity index (χ4v) is 2.32. The number of aliphatic hydroxyl groups excluding tert-OH is 1. The Hall–Kier alpha value is -1.40. The van der Waals surface area contributed by atoms with E-state index in [0.29, 0.717) is 11.8 Å². The Morgan fingerprint density at radius 3 is 2.76 bits per heavy atom. The van der Waals surface area contributed by atoms with Crippen LogP contribution in [0.4, 0.5) is 11.8 Å². The number of anilines is 2. The number of aromatic nitrogens is 2. The van der Waals surface area contributed by atoms with Crippen molar-refractivity contribution in [3.8, 4) is 0 Å². The summed E-state index contributed by atoms with van der Waals surface area (Å²) in [7, 11) is 0. The van der Waals surface area contributed by atoms with Crippen LogP contribution in [-0.2, 0) is 0 Å². The molecule has 6 nitrogen and oxygen atoms in total. The maximum atomic E-state index is 9.58. The largest absolute Gasteiger partial charge is 0.394 e. The van der Waals surface area contributed by atoms with E-state index in [0.717, 1.165) is 25.7 Å². The van der Waals surface area contributed by atoms with Crippen molar-refractivity contribution in [1.82, 2.24) is 9.97 Å². The van der Waals surface area contributed by atoms with Gasteiger partial charge in [-0.05, 0) is 18.9 Å². The molecule has 0 amide bonds. The molecule has 0 aromatic carbocycles. The Labute approximate surface area is 101 Å². The predicted octanol–water partition coefficient (Wildman–Crippen LogP) is 0.869. The van der Waals surface area contributed by atoms with Gasteiger partial charge in [-0.1, -0.05) is 19.3 Å². The SMILES string of the molecule is NNc1nccc(NC2(CO)CCCCC2)n1. The van der Waals surface area contributed by atoms with Crippen LogP contribution >= 0.6 is 0 Å². The zero-order valence-electron chi connectivity index (χ0n) is 9.82. The van der Waals surface area contributed by atoms with Crippen LogP contribution < -0.4 is 16.6 Å². The Balaban J connectivity index is 2.11. The molecule has 0 spiro atoms. The van der Waals surface area contributed by atoms with E-state index in [1.807, 2.05) is 0 Å². The molecule has 0 atom stereocenters. The van der Waals surface area contributed by atoms with E-state index < -0.39 is 0 Å². The first-order chi connectivity index (χ1) is 8.28. The topological polar surface area (TPSA) is 96.1 Å². The van der Waals surface area contributed by atoms with Crippen LogP contribution in [0.1, 0.15) is 32.1 Å². The van der Waals surface area contributed by atoms with Crippen molar-refractivity contribution in [2.24, 2.45) is 5.84 Å². The molecule has 1 aromatic rings. The van der Waals surface area contributed by atoms with Crippen LogP contribution in [0.2, 0.25) is 0 Å². The first kappa shape index (κ1) is 12.1. The molecular weight excluding hydrogens is 218 g/mol. The summed E-state index contributed by atoms with van der Waals surface area (Å²) in [6.45, 7) is 0.127. The van der Waals surface area contributed by atoms with Crippen LogP contribution in [-0.4, -0.2) is 27.2 Å². The molecule has 6 heteroatoms. The van der Waals surface area contributed by atoms with Gasteiger partial charge >= 0.3 is 0 Å². The summed E-state index contributed by atoms with van der Waals surface area (Å²) in [6, 6.07) is 1.78. The number of nitrogens with zero attached hydrogens (tertiary/aromatic N) is 2. The van der Waals surface area contributed by atoms with Gasteiger partial charge in [-0.3, -0.25) is 5.43 Å². The van der Waals surface area contributed by atoms with Gasteiger partial charge in [0.15, 0.2) is 0 Å². The minimum atomic E-state index is -0.238. The third-order valence-electron chi connectivity index (χ3n) is 3.29. The fourth-order valence-electron chi connectivity index (χ4n) is 2.32. The number of hydrogen-bond donors (Lipinski definition) is 4. The summed E-state index contributed by atoms with van der Waals surface area (Å²) in [5.74, 6) is 6.34. The van der Waals surface area contributed by atoms with Crippen LogP contribution in [0.5, 0.6) is 0 Å². The maximum absolute atomic E-state index is 9.58. The van der Waals surface area contributed by atoms with Gasteiger partial charge in [0.1, 0.15) is 5.82 Å². The lowest BCUT2D eigenvalue weighted by Crippen LogP contribution is -2.44. The molecule has 94 valence electrons. The van der Waals surface area contributed by atoms with E-state index in [-0.39, 0.29) is 12.1 Å². The molecular formula is C11H19N5O. The van der Waals surface area contributed by atoms with Crippen molar-refractivity contribution in [3.05, 3.63) is 12.3 Å². The second-order valence-corrected chi connectivity index (χ2v) is 4.53. The first-order valence-electron chi connectivity index (χ1n) is 5.97. The van der Waals surface area contributed by atoms with Crippen molar-refractivity contribution >= 4 is 11.8 Å². The molecule has 17 heavy (non-hydrogen) atoms. The van der Waals surface area contributed by atoms with E-state index in [2.05, 4.69) is 20.7 Å². The third kappa shape index (κ3) is 2.83. The van der Waals surface area contributed by atoms with Crippen molar-refractivity contribution in [3.63, 3.8) is 0 Å². The van der Waals surface area contributed by atoms with Gasteiger partial charge in [0.05, 0.1) is 12.1 Å². The zero-order chi connectivity index (χ0) is 12.1. The summed E-state index contributed by atoms with van der Waals surface area (Å²) < 4.78 is 0. The summed E-state index contributed by atoms with van der Waals surface area (Å²) >= 11 is 0. The van der Waals surface area contributed by atoms with Crippen molar-refractivity contribution in [2.75, 3.05) is 17.3 Å². The van der Waals surface area contributed by atoms with Gasteiger partial charge in [0.25, 0.3) is 0 Å². The third-order valence-corrected chi connectivity index (χ3v) is 3.29. The molecule has 2 rings (SSSR count). The average molecular weight is 237 g/mol. The number of hydrogen-bond acceptors (Lipinski definition) is 6. The Bertz CT molecular complexity index is 365. The molecule has 1 fully saturated rings. The van der Waals surface area contributed by atoms with E-state index in [1.54, 1.807) is 12.3 Å². The van der Waals surface area contributed by atoms with E-state index >= 15 is 0 Å². The van der Waals surface area contributed by atoms with E-state index in [4.69, 9.17) is 5.84 Å². The maximum Gasteiger partial charge on any atom is 0.239 e. The second-order valence-electron chi connectivity index (χ2n) is 4.53. The lowest BCUT2D eigenvalue weighted by Gasteiger charge is -2.36. The molecule has 1 aromatic heterocycles. The smallest absolute Gasteiger partial charge is 0.239 e. The summed E-state index contributed by atoms with van der Waals surface area (Å²) in [5.41, 5.74) is 2.17. The van der Waals surface area contributed by atoms with Gasteiger partial charge in [0.2, 0.25) is 5.95 Å². The molecule has 0 bridgehead atoms. The number of nitrogen functional groups attached to an aromatic ring is 1. The molecule has 0 unspecified atom stereocenters. The van der Waals surface area contributed by atoms with Crippen LogP contribution in [0.3, 0.4) is 0 Å². The normalized spacial score (nSPS) is 18.7. The van der Waals surface area contributed by atoms with Crippen LogP contribution in [0, 0.1) is 0 Å². The second kappa shape index (κ2) is 5.29. The highest BCUT2D eigenvalue weighted by molar-refractivity contribution is 5.41. The average Bonchev–Trinajstić information content (AvgIpc) is 2.40. The van der Waals surface area contributed by atoms with Crippen molar-refractivity contribution in [2.45, 2.75) is 37.6 Å². The number of nitrogens with one attached hydrogen (secondary N) is 2. The zero-order valence-corrected chi connectivity index (χ0v) is 9.82. The van der Waals surface area contributed by atoms with Crippen molar-refractivity contribution in [1.29, 1.82) is 0 Å². The Morgan fingerprint density at radius 2 is 2.12 bits per heavy atom. The molecule has 0 radical (unpaired) electrons. The molecule has 5 N–H and O–H groups in total. The van der Waals surface area contributed by atoms with E-state index in [9.17, 15) is 5.11 Å². The van der Waals surface area contributed by atoms with Gasteiger partial charge in [-0.2, -0.15) is 4.98 Å². The fraction of sp³-hybridized carbons (Fsp3) is 0.636. The Morgan fingerprint density at radius 1 is 1.35 bits per heavy atom. The number of rotatable bonds is 4. The molecule has 1 aliphatic rings. The van der Waals surface area contributed by atoms with Crippen molar-refractivity contribution < 1.29 is 5.11 Å². The van der Waals surface area contributed by atoms with Gasteiger partial charge < -0.3 is 10.4 Å². The highest BCUT2D eigenvalue weighted by atomic mass is 16.3. The molecule has 0 saturated heterocycles. The summed E-state index contributed by atoms with van der Waals surface area (Å²) in [4.78, 5) is 8.16. The highest BCUT2D eigenvalue weighted by Crippen LogP contribution is 2.30. The van der Waals surface area contributed by atoms with Gasteiger partial charge in [0, 0.05) is 6.20 Å². The van der Waals surface area contributed by atoms with Crippen LogP contribution in [0.15, 0.2) is 12.3 Å². The first-order valence-corrected chi connectivity index (χ1v) is 5.97. The lowest BCUT2D eigenvalue weighted by atomic mass is 9.82. The monoisotopic (exact) mass is 237 g/mol. The molecule has 0 aliphatic heterocycles. The minimum Gasteiger partial charge on any atom is -0.394 e. The summed E-state index contributed by atoms with van der Waals surface area (Å²) in [5, 5.41) is 12.9. The van der Waals surface area contributed by atoms with Gasteiger partial charge in [-0.25, -0.2) is 10.8 Å². The number of aliphatic hydroxyl groups is 1. The molecule has 1 saturated carbocycles. The Kier molecular flexibility index (Phi) is 3.75. The molecule has 1 heterocycles.